The van der Waals surface area contributed by atoms with Crippen LogP contribution in [0.25, 0.3) is 0 Å². The number of rotatable bonds is 11. The van der Waals surface area contributed by atoms with Gasteiger partial charge >= 0.3 is 5.97 Å². The lowest BCUT2D eigenvalue weighted by Crippen LogP contribution is -2.47. The molecule has 1 unspecified atom stereocenters. The molecule has 108 valence electrons. The van der Waals surface area contributed by atoms with Crippen LogP contribution in [0.4, 0.5) is 0 Å². The summed E-state index contributed by atoms with van der Waals surface area (Å²) in [5.74, 6) is -0.0692. The predicted molar refractivity (Wildman–Crippen MR) is 76.6 cm³/mol. The fourth-order valence-corrected chi connectivity index (χ4v) is 2.18. The van der Waals surface area contributed by atoms with Crippen LogP contribution in [-0.4, -0.2) is 16.6 Å². The van der Waals surface area contributed by atoms with Crippen LogP contribution >= 0.6 is 0 Å². The van der Waals surface area contributed by atoms with Crippen molar-refractivity contribution in [1.29, 1.82) is 0 Å². The van der Waals surface area contributed by atoms with E-state index in [1.165, 1.54) is 19.3 Å². The number of hydrogen-bond donors (Lipinski definition) is 2. The second-order valence-electron chi connectivity index (χ2n) is 5.91. The highest BCUT2D eigenvalue weighted by Gasteiger charge is 2.32. The third kappa shape index (κ3) is 7.70. The summed E-state index contributed by atoms with van der Waals surface area (Å²) in [6.07, 6.45) is 8.86. The van der Waals surface area contributed by atoms with Gasteiger partial charge in [0.1, 0.15) is 5.54 Å². The van der Waals surface area contributed by atoms with E-state index >= 15 is 0 Å². The number of aliphatic carboxylic acids is 1. The molecule has 0 aromatic carbocycles. The van der Waals surface area contributed by atoms with Crippen LogP contribution < -0.4 is 5.73 Å². The van der Waals surface area contributed by atoms with Crippen molar-refractivity contribution in [2.24, 2.45) is 11.7 Å². The molecule has 0 aliphatic heterocycles. The van der Waals surface area contributed by atoms with Crippen molar-refractivity contribution in [3.63, 3.8) is 0 Å². The summed E-state index contributed by atoms with van der Waals surface area (Å²) >= 11 is 0. The first-order valence-corrected chi connectivity index (χ1v) is 7.44. The lowest BCUT2D eigenvalue weighted by Gasteiger charge is -2.24. The molecular formula is C15H31NO2. The van der Waals surface area contributed by atoms with Gasteiger partial charge in [0.25, 0.3) is 0 Å². The minimum atomic E-state index is -0.992. The van der Waals surface area contributed by atoms with Crippen LogP contribution in [0, 0.1) is 5.92 Å². The van der Waals surface area contributed by atoms with E-state index in [0.29, 0.717) is 12.8 Å². The lowest BCUT2D eigenvalue weighted by atomic mass is 9.88. The van der Waals surface area contributed by atoms with Crippen molar-refractivity contribution in [1.82, 2.24) is 0 Å². The number of hydrogen-bond acceptors (Lipinski definition) is 2. The van der Waals surface area contributed by atoms with Crippen LogP contribution in [0.3, 0.4) is 0 Å². The first-order valence-electron chi connectivity index (χ1n) is 7.44. The zero-order valence-electron chi connectivity index (χ0n) is 12.4. The molecule has 0 aromatic heterocycles. The van der Waals surface area contributed by atoms with E-state index in [1.807, 2.05) is 0 Å². The fraction of sp³-hybridized carbons (Fsp3) is 0.933. The van der Waals surface area contributed by atoms with E-state index in [2.05, 4.69) is 20.8 Å². The Morgan fingerprint density at radius 3 is 2.17 bits per heavy atom. The first kappa shape index (κ1) is 17.4. The third-order valence-corrected chi connectivity index (χ3v) is 3.56. The average molecular weight is 257 g/mol. The van der Waals surface area contributed by atoms with Crippen molar-refractivity contribution in [3.05, 3.63) is 0 Å². The normalized spacial score (nSPS) is 14.7. The average Bonchev–Trinajstić information content (AvgIpc) is 2.30. The van der Waals surface area contributed by atoms with E-state index in [4.69, 9.17) is 5.73 Å². The second-order valence-corrected chi connectivity index (χ2v) is 5.91. The van der Waals surface area contributed by atoms with E-state index in [1.54, 1.807) is 0 Å². The largest absolute Gasteiger partial charge is 0.480 e. The molecule has 0 rings (SSSR count). The Morgan fingerprint density at radius 1 is 1.11 bits per heavy atom. The van der Waals surface area contributed by atoms with Crippen LogP contribution in [0.2, 0.25) is 0 Å². The number of carbonyl (C=O) groups is 1. The van der Waals surface area contributed by atoms with Gasteiger partial charge in [-0.1, -0.05) is 65.7 Å². The Morgan fingerprint density at radius 2 is 1.67 bits per heavy atom. The van der Waals surface area contributed by atoms with Crippen LogP contribution in [0.5, 0.6) is 0 Å². The molecule has 0 aromatic rings. The fourth-order valence-electron chi connectivity index (χ4n) is 2.18. The Hall–Kier alpha value is -0.570. The molecule has 1 atom stereocenters. The highest BCUT2D eigenvalue weighted by molar-refractivity contribution is 5.78. The maximum absolute atomic E-state index is 11.2. The molecule has 0 amide bonds. The predicted octanol–water partition coefficient (Wildman–Crippen LogP) is 3.96. The van der Waals surface area contributed by atoms with E-state index in [9.17, 15) is 9.90 Å². The molecule has 0 spiro atoms. The van der Waals surface area contributed by atoms with Gasteiger partial charge in [0.15, 0.2) is 0 Å². The molecule has 0 saturated carbocycles. The van der Waals surface area contributed by atoms with Gasteiger partial charge in [0, 0.05) is 0 Å². The van der Waals surface area contributed by atoms with Gasteiger partial charge in [0.05, 0.1) is 0 Å². The molecular weight excluding hydrogens is 226 g/mol. The van der Waals surface area contributed by atoms with Crippen LogP contribution in [0.15, 0.2) is 0 Å². The number of unbranched alkanes of at least 4 members (excludes halogenated alkanes) is 4. The summed E-state index contributed by atoms with van der Waals surface area (Å²) in [7, 11) is 0. The number of carboxylic acid groups (broad SMARTS) is 1. The summed E-state index contributed by atoms with van der Waals surface area (Å²) < 4.78 is 0. The molecule has 3 heteroatoms. The molecule has 0 aliphatic carbocycles. The molecule has 0 bridgehead atoms. The van der Waals surface area contributed by atoms with Gasteiger partial charge in [0.2, 0.25) is 0 Å². The Balaban J connectivity index is 3.80. The Bertz CT molecular complexity index is 229. The molecule has 0 saturated heterocycles. The molecule has 0 aliphatic rings. The summed E-state index contributed by atoms with van der Waals surface area (Å²) in [5.41, 5.74) is 5.00. The van der Waals surface area contributed by atoms with Gasteiger partial charge in [-0.3, -0.25) is 4.79 Å². The van der Waals surface area contributed by atoms with E-state index in [0.717, 1.165) is 31.6 Å². The lowest BCUT2D eigenvalue weighted by molar-refractivity contribution is -0.144. The van der Waals surface area contributed by atoms with Gasteiger partial charge in [-0.2, -0.15) is 0 Å². The molecule has 0 radical (unpaired) electrons. The zero-order valence-corrected chi connectivity index (χ0v) is 12.4. The first-order chi connectivity index (χ1) is 8.42. The molecule has 3 nitrogen and oxygen atoms in total. The number of carboxylic acids is 1. The van der Waals surface area contributed by atoms with Crippen molar-refractivity contribution in [2.75, 3.05) is 0 Å². The van der Waals surface area contributed by atoms with Gasteiger partial charge < -0.3 is 10.8 Å². The summed E-state index contributed by atoms with van der Waals surface area (Å²) in [4.78, 5) is 11.2. The third-order valence-electron chi connectivity index (χ3n) is 3.56. The summed E-state index contributed by atoms with van der Waals surface area (Å²) in [6, 6.07) is 0. The van der Waals surface area contributed by atoms with Crippen LogP contribution in [0.1, 0.15) is 78.6 Å². The van der Waals surface area contributed by atoms with Crippen molar-refractivity contribution in [3.8, 4) is 0 Å². The zero-order chi connectivity index (χ0) is 14.0. The minimum Gasteiger partial charge on any atom is -0.480 e. The molecule has 0 fully saturated rings. The maximum Gasteiger partial charge on any atom is 0.323 e. The van der Waals surface area contributed by atoms with Crippen molar-refractivity contribution < 1.29 is 9.90 Å². The Kier molecular flexibility index (Phi) is 9.08. The minimum absolute atomic E-state index is 0.602. The molecule has 0 heterocycles. The second kappa shape index (κ2) is 9.37. The topological polar surface area (TPSA) is 63.3 Å². The summed E-state index contributed by atoms with van der Waals surface area (Å²) in [5, 5.41) is 9.21. The van der Waals surface area contributed by atoms with Crippen molar-refractivity contribution >= 4 is 5.97 Å². The smallest absolute Gasteiger partial charge is 0.323 e. The quantitative estimate of drug-likeness (QED) is 0.551. The van der Waals surface area contributed by atoms with Gasteiger partial charge in [-0.05, 0) is 18.8 Å². The van der Waals surface area contributed by atoms with Gasteiger partial charge in [-0.15, -0.1) is 0 Å². The molecule has 18 heavy (non-hydrogen) atoms. The maximum atomic E-state index is 11.2. The SMILES string of the molecule is CCCCC(N)(CCCCCCC(C)C)C(=O)O. The monoisotopic (exact) mass is 257 g/mol. The van der Waals surface area contributed by atoms with E-state index < -0.39 is 11.5 Å². The highest BCUT2D eigenvalue weighted by Crippen LogP contribution is 2.20. The highest BCUT2D eigenvalue weighted by atomic mass is 16.4. The standard InChI is InChI=1S/C15H31NO2/c1-4-5-11-15(16,14(17)18)12-9-7-6-8-10-13(2)3/h13H,4-12,16H2,1-3H3,(H,17,18). The van der Waals surface area contributed by atoms with Crippen LogP contribution in [-0.2, 0) is 4.79 Å². The number of nitrogens with two attached hydrogens (primary N) is 1. The summed E-state index contributed by atoms with van der Waals surface area (Å²) in [6.45, 7) is 6.54. The molecule has 3 N–H and O–H groups in total. The van der Waals surface area contributed by atoms with Gasteiger partial charge in [-0.25, -0.2) is 0 Å². The Labute approximate surface area is 112 Å². The van der Waals surface area contributed by atoms with Crippen molar-refractivity contribution in [2.45, 2.75) is 84.1 Å². The van der Waals surface area contributed by atoms with E-state index in [-0.39, 0.29) is 0 Å².